The summed E-state index contributed by atoms with van der Waals surface area (Å²) in [6.45, 7) is 0. The molecule has 0 fully saturated rings. The van der Waals surface area contributed by atoms with Crippen LogP contribution in [0.1, 0.15) is 5.56 Å². The predicted octanol–water partition coefficient (Wildman–Crippen LogP) is 4.73. The van der Waals surface area contributed by atoms with Crippen LogP contribution in [0.5, 0.6) is 5.75 Å². The lowest BCUT2D eigenvalue weighted by molar-refractivity contribution is -0.115. The molecule has 1 N–H and O–H groups in total. The van der Waals surface area contributed by atoms with Gasteiger partial charge in [0.2, 0.25) is 11.7 Å². The van der Waals surface area contributed by atoms with E-state index in [9.17, 15) is 9.18 Å². The molecule has 30 heavy (non-hydrogen) atoms. The largest absolute Gasteiger partial charge is 0.497 e. The lowest BCUT2D eigenvalue weighted by atomic mass is 10.1. The van der Waals surface area contributed by atoms with Crippen molar-refractivity contribution in [2.24, 2.45) is 0 Å². The molecule has 3 aromatic carbocycles. The Labute approximate surface area is 172 Å². The molecule has 6 nitrogen and oxygen atoms in total. The van der Waals surface area contributed by atoms with Crippen molar-refractivity contribution in [1.29, 1.82) is 0 Å². The predicted molar refractivity (Wildman–Crippen MR) is 110 cm³/mol. The second-order valence-corrected chi connectivity index (χ2v) is 6.59. The van der Waals surface area contributed by atoms with Crippen molar-refractivity contribution in [3.63, 3.8) is 0 Å². The van der Waals surface area contributed by atoms with Crippen molar-refractivity contribution in [3.8, 4) is 28.6 Å². The number of nitrogens with one attached hydrogen (secondary N) is 1. The summed E-state index contributed by atoms with van der Waals surface area (Å²) in [5.41, 5.74) is 2.66. The lowest BCUT2D eigenvalue weighted by Gasteiger charge is -2.07. The smallest absolute Gasteiger partial charge is 0.258 e. The fraction of sp³-hybridized carbons (Fsp3) is 0.0870. The van der Waals surface area contributed by atoms with E-state index in [-0.39, 0.29) is 24.0 Å². The van der Waals surface area contributed by atoms with Gasteiger partial charge in [0.1, 0.15) is 11.6 Å². The maximum atomic E-state index is 13.4. The minimum Gasteiger partial charge on any atom is -0.497 e. The number of nitrogens with zero attached hydrogens (tertiary/aromatic N) is 2. The maximum absolute atomic E-state index is 13.4. The first-order valence-electron chi connectivity index (χ1n) is 9.23. The number of benzene rings is 3. The number of amides is 1. The maximum Gasteiger partial charge on any atom is 0.258 e. The van der Waals surface area contributed by atoms with Gasteiger partial charge in [-0.05, 0) is 48.0 Å². The normalized spacial score (nSPS) is 10.6. The van der Waals surface area contributed by atoms with Crippen molar-refractivity contribution in [3.05, 3.63) is 84.2 Å². The van der Waals surface area contributed by atoms with E-state index in [1.807, 2.05) is 24.3 Å². The number of hydrogen-bond acceptors (Lipinski definition) is 5. The molecular weight excluding hydrogens is 385 g/mol. The minimum atomic E-state index is -0.381. The molecule has 1 heterocycles. The van der Waals surface area contributed by atoms with Crippen molar-refractivity contribution in [1.82, 2.24) is 10.1 Å². The van der Waals surface area contributed by atoms with E-state index in [1.165, 1.54) is 12.1 Å². The van der Waals surface area contributed by atoms with Crippen molar-refractivity contribution < 1.29 is 18.4 Å². The Morgan fingerprint density at radius 1 is 1.03 bits per heavy atom. The second-order valence-electron chi connectivity index (χ2n) is 6.59. The van der Waals surface area contributed by atoms with E-state index in [0.29, 0.717) is 22.6 Å². The fourth-order valence-electron chi connectivity index (χ4n) is 2.95. The van der Waals surface area contributed by atoms with E-state index >= 15 is 0 Å². The molecule has 0 bridgehead atoms. The van der Waals surface area contributed by atoms with Crippen LogP contribution in [-0.4, -0.2) is 23.2 Å². The van der Waals surface area contributed by atoms with E-state index in [2.05, 4.69) is 15.5 Å². The summed E-state index contributed by atoms with van der Waals surface area (Å²) in [6.07, 6.45) is 0.236. The third-order valence-electron chi connectivity index (χ3n) is 4.43. The number of methoxy groups -OCH3 is 1. The minimum absolute atomic E-state index is 0.147. The number of carbonyl (C=O) groups is 1. The lowest BCUT2D eigenvalue weighted by Crippen LogP contribution is -2.14. The molecule has 0 aliphatic heterocycles. The number of ether oxygens (including phenoxy) is 1. The Balaban J connectivity index is 1.46. The summed E-state index contributed by atoms with van der Waals surface area (Å²) in [5, 5.41) is 6.83. The Hall–Kier alpha value is -4.00. The van der Waals surface area contributed by atoms with Gasteiger partial charge in [0, 0.05) is 16.8 Å². The van der Waals surface area contributed by atoms with E-state index in [0.717, 1.165) is 11.3 Å². The average Bonchev–Trinajstić information content (AvgIpc) is 3.25. The SMILES string of the molecule is COc1ccc(CC(=O)Nc2cccc(-c3noc(-c4cccc(F)c4)n3)c2)cc1. The number of rotatable bonds is 6. The van der Waals surface area contributed by atoms with Crippen molar-refractivity contribution in [2.45, 2.75) is 6.42 Å². The zero-order valence-electron chi connectivity index (χ0n) is 16.1. The number of halogens is 1. The van der Waals surface area contributed by atoms with Gasteiger partial charge in [0.25, 0.3) is 5.89 Å². The molecular formula is C23H18FN3O3. The highest BCUT2D eigenvalue weighted by Crippen LogP contribution is 2.24. The Bertz CT molecular complexity index is 1170. The number of carbonyl (C=O) groups excluding carboxylic acids is 1. The summed E-state index contributed by atoms with van der Waals surface area (Å²) < 4.78 is 23.8. The molecule has 0 aliphatic carbocycles. The van der Waals surface area contributed by atoms with Crippen LogP contribution < -0.4 is 10.1 Å². The van der Waals surface area contributed by atoms with Gasteiger partial charge in [-0.1, -0.05) is 35.5 Å². The molecule has 7 heteroatoms. The number of anilines is 1. The molecule has 1 amide bonds. The van der Waals surface area contributed by atoms with Gasteiger partial charge in [-0.25, -0.2) is 4.39 Å². The number of hydrogen-bond donors (Lipinski definition) is 1. The van der Waals surface area contributed by atoms with Crippen LogP contribution in [0, 0.1) is 5.82 Å². The van der Waals surface area contributed by atoms with E-state index in [1.54, 1.807) is 43.5 Å². The van der Waals surface area contributed by atoms with Gasteiger partial charge < -0.3 is 14.6 Å². The van der Waals surface area contributed by atoms with Gasteiger partial charge in [0.05, 0.1) is 13.5 Å². The van der Waals surface area contributed by atoms with Crippen LogP contribution >= 0.6 is 0 Å². The molecule has 0 saturated carbocycles. The molecule has 0 unspecified atom stereocenters. The molecule has 0 saturated heterocycles. The molecule has 4 aromatic rings. The highest BCUT2D eigenvalue weighted by Gasteiger charge is 2.12. The fourth-order valence-corrected chi connectivity index (χ4v) is 2.95. The van der Waals surface area contributed by atoms with Crippen LogP contribution in [-0.2, 0) is 11.2 Å². The van der Waals surface area contributed by atoms with Crippen molar-refractivity contribution in [2.75, 3.05) is 12.4 Å². The monoisotopic (exact) mass is 403 g/mol. The van der Waals surface area contributed by atoms with Gasteiger partial charge in [-0.15, -0.1) is 0 Å². The highest BCUT2D eigenvalue weighted by atomic mass is 19.1. The van der Waals surface area contributed by atoms with Crippen LogP contribution in [0.3, 0.4) is 0 Å². The van der Waals surface area contributed by atoms with Crippen LogP contribution in [0.2, 0.25) is 0 Å². The van der Waals surface area contributed by atoms with Crippen LogP contribution in [0.15, 0.2) is 77.3 Å². The third kappa shape index (κ3) is 4.52. The summed E-state index contributed by atoms with van der Waals surface area (Å²) in [4.78, 5) is 16.7. The summed E-state index contributed by atoms with van der Waals surface area (Å²) >= 11 is 0. The first-order chi connectivity index (χ1) is 14.6. The highest BCUT2D eigenvalue weighted by molar-refractivity contribution is 5.92. The van der Waals surface area contributed by atoms with Gasteiger partial charge in [-0.2, -0.15) is 4.98 Å². The molecule has 0 atom stereocenters. The Kier molecular flexibility index (Phi) is 5.52. The molecule has 0 aliphatic rings. The van der Waals surface area contributed by atoms with Gasteiger partial charge in [0.15, 0.2) is 0 Å². The standard InChI is InChI=1S/C23H18FN3O3/c1-29-20-10-8-15(9-11-20)12-21(28)25-19-7-3-4-16(14-19)22-26-23(30-27-22)17-5-2-6-18(24)13-17/h2-11,13-14H,12H2,1H3,(H,25,28). The van der Waals surface area contributed by atoms with Gasteiger partial charge >= 0.3 is 0 Å². The van der Waals surface area contributed by atoms with Crippen LogP contribution in [0.4, 0.5) is 10.1 Å². The molecule has 0 radical (unpaired) electrons. The Morgan fingerprint density at radius 2 is 1.80 bits per heavy atom. The topological polar surface area (TPSA) is 77.2 Å². The quantitative estimate of drug-likeness (QED) is 0.504. The van der Waals surface area contributed by atoms with E-state index in [4.69, 9.17) is 9.26 Å². The summed E-state index contributed by atoms with van der Waals surface area (Å²) in [6, 6.07) is 20.4. The first-order valence-corrected chi connectivity index (χ1v) is 9.23. The zero-order valence-corrected chi connectivity index (χ0v) is 16.1. The average molecular weight is 403 g/mol. The molecule has 0 spiro atoms. The summed E-state index contributed by atoms with van der Waals surface area (Å²) in [7, 11) is 1.60. The van der Waals surface area contributed by atoms with E-state index < -0.39 is 0 Å². The van der Waals surface area contributed by atoms with Crippen LogP contribution in [0.25, 0.3) is 22.8 Å². The Morgan fingerprint density at radius 3 is 2.57 bits per heavy atom. The number of aromatic nitrogens is 2. The third-order valence-corrected chi connectivity index (χ3v) is 4.43. The summed E-state index contributed by atoms with van der Waals surface area (Å²) in [5.74, 6) is 0.781. The first kappa shape index (κ1) is 19.3. The second kappa shape index (κ2) is 8.57. The molecule has 1 aromatic heterocycles. The molecule has 4 rings (SSSR count). The van der Waals surface area contributed by atoms with Gasteiger partial charge in [-0.3, -0.25) is 4.79 Å². The molecule has 150 valence electrons. The zero-order chi connectivity index (χ0) is 20.9. The van der Waals surface area contributed by atoms with Crippen molar-refractivity contribution >= 4 is 11.6 Å².